The van der Waals surface area contributed by atoms with Crippen LogP contribution >= 0.6 is 11.3 Å². The van der Waals surface area contributed by atoms with Crippen molar-refractivity contribution < 1.29 is 18.0 Å². The Morgan fingerprint density at radius 2 is 2.22 bits per heavy atom. The standard InChI is InChI=1S/C10H14F3N3OS/c1-3-4-5-16(2)9(17)15-8-14-7(6-18-8)10(11,12)13/h6H,3-5H2,1-2H3,(H,14,15,17). The summed E-state index contributed by atoms with van der Waals surface area (Å²) in [6.45, 7) is 2.54. The molecule has 2 amide bonds. The van der Waals surface area contributed by atoms with Gasteiger partial charge >= 0.3 is 12.2 Å². The molecule has 8 heteroatoms. The van der Waals surface area contributed by atoms with Gasteiger partial charge < -0.3 is 4.90 Å². The highest BCUT2D eigenvalue weighted by Crippen LogP contribution is 2.31. The molecule has 0 aromatic carbocycles. The molecule has 0 aliphatic rings. The minimum Gasteiger partial charge on any atom is -0.328 e. The number of nitrogens with zero attached hydrogens (tertiary/aromatic N) is 2. The monoisotopic (exact) mass is 281 g/mol. The molecule has 0 aliphatic heterocycles. The second-order valence-electron chi connectivity index (χ2n) is 3.74. The summed E-state index contributed by atoms with van der Waals surface area (Å²) < 4.78 is 36.9. The number of halogens is 3. The Bertz CT molecular complexity index is 405. The van der Waals surface area contributed by atoms with Gasteiger partial charge in [-0.1, -0.05) is 13.3 Å². The number of carbonyl (C=O) groups is 1. The van der Waals surface area contributed by atoms with Crippen LogP contribution in [0.2, 0.25) is 0 Å². The number of aromatic nitrogens is 1. The predicted octanol–water partition coefficient (Wildman–Crippen LogP) is 3.43. The van der Waals surface area contributed by atoms with Crippen LogP contribution < -0.4 is 5.32 Å². The molecule has 0 bridgehead atoms. The maximum Gasteiger partial charge on any atom is 0.434 e. The zero-order valence-electron chi connectivity index (χ0n) is 10.0. The Kier molecular flexibility index (Phi) is 4.94. The summed E-state index contributed by atoms with van der Waals surface area (Å²) in [4.78, 5) is 16.3. The molecule has 1 N–H and O–H groups in total. The summed E-state index contributed by atoms with van der Waals surface area (Å²) in [5.41, 5.74) is -0.987. The third-order valence-electron chi connectivity index (χ3n) is 2.20. The van der Waals surface area contributed by atoms with Crippen LogP contribution in [0, 0.1) is 0 Å². The van der Waals surface area contributed by atoms with Crippen molar-refractivity contribution in [3.63, 3.8) is 0 Å². The number of unbranched alkanes of at least 4 members (excludes halogenated alkanes) is 1. The molecular weight excluding hydrogens is 267 g/mol. The summed E-state index contributed by atoms with van der Waals surface area (Å²) in [5.74, 6) is 0. The largest absolute Gasteiger partial charge is 0.434 e. The number of amides is 2. The topological polar surface area (TPSA) is 45.2 Å². The number of alkyl halides is 3. The van der Waals surface area contributed by atoms with E-state index in [1.807, 2.05) is 6.92 Å². The molecule has 18 heavy (non-hydrogen) atoms. The fourth-order valence-electron chi connectivity index (χ4n) is 1.15. The molecular formula is C10H14F3N3OS. The van der Waals surface area contributed by atoms with Crippen molar-refractivity contribution in [2.75, 3.05) is 18.9 Å². The van der Waals surface area contributed by atoms with Gasteiger partial charge in [0.05, 0.1) is 0 Å². The normalized spacial score (nSPS) is 11.4. The molecule has 1 aromatic rings. The van der Waals surface area contributed by atoms with Gasteiger partial charge in [0.1, 0.15) is 0 Å². The highest BCUT2D eigenvalue weighted by Gasteiger charge is 2.33. The van der Waals surface area contributed by atoms with Crippen molar-refractivity contribution >= 4 is 22.5 Å². The highest BCUT2D eigenvalue weighted by atomic mass is 32.1. The molecule has 0 radical (unpaired) electrons. The number of anilines is 1. The number of thiazole rings is 1. The first-order chi connectivity index (χ1) is 8.34. The molecule has 102 valence electrons. The summed E-state index contributed by atoms with van der Waals surface area (Å²) in [6.07, 6.45) is -2.70. The van der Waals surface area contributed by atoms with E-state index < -0.39 is 17.9 Å². The first-order valence-corrected chi connectivity index (χ1v) is 6.27. The smallest absolute Gasteiger partial charge is 0.328 e. The van der Waals surface area contributed by atoms with E-state index in [1.165, 1.54) is 4.90 Å². The van der Waals surface area contributed by atoms with Gasteiger partial charge in [-0.2, -0.15) is 13.2 Å². The third-order valence-corrected chi connectivity index (χ3v) is 2.96. The van der Waals surface area contributed by atoms with E-state index in [1.54, 1.807) is 7.05 Å². The van der Waals surface area contributed by atoms with E-state index >= 15 is 0 Å². The molecule has 0 atom stereocenters. The Morgan fingerprint density at radius 3 is 2.72 bits per heavy atom. The van der Waals surface area contributed by atoms with Crippen LogP contribution in [0.5, 0.6) is 0 Å². The van der Waals surface area contributed by atoms with Crippen LogP contribution in [0.4, 0.5) is 23.1 Å². The number of urea groups is 1. The summed E-state index contributed by atoms with van der Waals surface area (Å²) >= 11 is 0.756. The van der Waals surface area contributed by atoms with Gasteiger partial charge in [0.15, 0.2) is 10.8 Å². The molecule has 1 rings (SSSR count). The second-order valence-corrected chi connectivity index (χ2v) is 4.60. The highest BCUT2D eigenvalue weighted by molar-refractivity contribution is 7.13. The van der Waals surface area contributed by atoms with E-state index in [0.717, 1.165) is 29.6 Å². The molecule has 0 unspecified atom stereocenters. The summed E-state index contributed by atoms with van der Waals surface area (Å²) in [5, 5.41) is 3.17. The second kappa shape index (κ2) is 6.03. The Labute approximate surface area is 107 Å². The van der Waals surface area contributed by atoms with Crippen LogP contribution in [-0.2, 0) is 6.18 Å². The van der Waals surface area contributed by atoms with Crippen LogP contribution in [0.3, 0.4) is 0 Å². The van der Waals surface area contributed by atoms with E-state index in [-0.39, 0.29) is 5.13 Å². The average Bonchev–Trinajstić information content (AvgIpc) is 2.73. The lowest BCUT2D eigenvalue weighted by atomic mass is 10.3. The van der Waals surface area contributed by atoms with Crippen LogP contribution in [0.1, 0.15) is 25.5 Å². The predicted molar refractivity (Wildman–Crippen MR) is 63.7 cm³/mol. The molecule has 1 heterocycles. The Balaban J connectivity index is 2.57. The maximum absolute atomic E-state index is 12.3. The van der Waals surface area contributed by atoms with Crippen molar-refractivity contribution in [1.82, 2.24) is 9.88 Å². The molecule has 4 nitrogen and oxygen atoms in total. The molecule has 0 spiro atoms. The lowest BCUT2D eigenvalue weighted by Crippen LogP contribution is -2.32. The van der Waals surface area contributed by atoms with Gasteiger partial charge in [0, 0.05) is 19.0 Å². The van der Waals surface area contributed by atoms with Gasteiger partial charge in [0.2, 0.25) is 0 Å². The van der Waals surface area contributed by atoms with E-state index in [9.17, 15) is 18.0 Å². The van der Waals surface area contributed by atoms with Crippen LogP contribution in [0.25, 0.3) is 0 Å². The SMILES string of the molecule is CCCCN(C)C(=O)Nc1nc(C(F)(F)F)cs1. The van der Waals surface area contributed by atoms with Gasteiger partial charge in [0.25, 0.3) is 0 Å². The summed E-state index contributed by atoms with van der Waals surface area (Å²) in [6, 6.07) is -0.452. The first kappa shape index (κ1) is 14.7. The van der Waals surface area contributed by atoms with Gasteiger partial charge in [-0.05, 0) is 6.42 Å². The van der Waals surface area contributed by atoms with Crippen molar-refractivity contribution in [1.29, 1.82) is 0 Å². The van der Waals surface area contributed by atoms with Crippen LogP contribution in [0.15, 0.2) is 5.38 Å². The minimum atomic E-state index is -4.48. The lowest BCUT2D eigenvalue weighted by Gasteiger charge is -2.16. The molecule has 0 fully saturated rings. The number of rotatable bonds is 4. The first-order valence-electron chi connectivity index (χ1n) is 5.39. The minimum absolute atomic E-state index is 0.0457. The van der Waals surface area contributed by atoms with Crippen LogP contribution in [-0.4, -0.2) is 29.5 Å². The van der Waals surface area contributed by atoms with E-state index in [0.29, 0.717) is 6.54 Å². The summed E-state index contributed by atoms with van der Waals surface area (Å²) in [7, 11) is 1.59. The molecule has 0 aliphatic carbocycles. The quantitative estimate of drug-likeness (QED) is 0.919. The fraction of sp³-hybridized carbons (Fsp3) is 0.600. The fourth-order valence-corrected chi connectivity index (χ4v) is 1.85. The van der Waals surface area contributed by atoms with E-state index in [2.05, 4.69) is 10.3 Å². The maximum atomic E-state index is 12.3. The number of carbonyl (C=O) groups excluding carboxylic acids is 1. The number of hydrogen-bond donors (Lipinski definition) is 1. The van der Waals surface area contributed by atoms with Crippen molar-refractivity contribution in [2.45, 2.75) is 25.9 Å². The lowest BCUT2D eigenvalue weighted by molar-refractivity contribution is -0.140. The molecule has 1 aromatic heterocycles. The number of hydrogen-bond acceptors (Lipinski definition) is 3. The van der Waals surface area contributed by atoms with Crippen molar-refractivity contribution in [3.8, 4) is 0 Å². The molecule has 0 saturated carbocycles. The Morgan fingerprint density at radius 1 is 1.56 bits per heavy atom. The zero-order valence-corrected chi connectivity index (χ0v) is 10.9. The third kappa shape index (κ3) is 4.17. The molecule has 0 saturated heterocycles. The Hall–Kier alpha value is -1.31. The zero-order chi connectivity index (χ0) is 13.8. The van der Waals surface area contributed by atoms with Crippen molar-refractivity contribution in [2.24, 2.45) is 0 Å². The average molecular weight is 281 g/mol. The van der Waals surface area contributed by atoms with Gasteiger partial charge in [-0.15, -0.1) is 11.3 Å². The van der Waals surface area contributed by atoms with E-state index in [4.69, 9.17) is 0 Å². The van der Waals surface area contributed by atoms with Gasteiger partial charge in [-0.3, -0.25) is 5.32 Å². The van der Waals surface area contributed by atoms with Crippen molar-refractivity contribution in [3.05, 3.63) is 11.1 Å². The number of nitrogens with one attached hydrogen (secondary N) is 1. The van der Waals surface area contributed by atoms with Gasteiger partial charge in [-0.25, -0.2) is 9.78 Å².